The standard InChI is InChI=1S/C5H8O2.ClH.H3N/c1-4(2)5(6)7-3;;/h1H2,2-3H3;1H;1H3. The first-order valence-corrected chi connectivity index (χ1v) is 1.92. The predicted molar refractivity (Wildman–Crippen MR) is 39.1 cm³/mol. The molecule has 0 aliphatic carbocycles. The highest BCUT2D eigenvalue weighted by Gasteiger charge is 1.95. The molecule has 0 saturated carbocycles. The van der Waals surface area contributed by atoms with Gasteiger partial charge in [0.25, 0.3) is 0 Å². The number of esters is 1. The molecule has 0 saturated heterocycles. The Hall–Kier alpha value is -0.540. The fourth-order valence-corrected chi connectivity index (χ4v) is 0.174. The molecule has 0 aromatic heterocycles. The van der Waals surface area contributed by atoms with E-state index in [0.717, 1.165) is 0 Å². The van der Waals surface area contributed by atoms with Gasteiger partial charge in [-0.05, 0) is 6.92 Å². The molecule has 0 rings (SSSR count). The lowest BCUT2D eigenvalue weighted by molar-refractivity contribution is -0.136. The zero-order valence-electron chi connectivity index (χ0n) is 5.64. The van der Waals surface area contributed by atoms with Gasteiger partial charge in [-0.1, -0.05) is 6.58 Å². The Labute approximate surface area is 61.1 Å². The molecule has 0 amide bonds. The molecule has 0 aliphatic rings. The summed E-state index contributed by atoms with van der Waals surface area (Å²) in [6.07, 6.45) is 0. The first-order valence-electron chi connectivity index (χ1n) is 1.92. The van der Waals surface area contributed by atoms with Crippen molar-refractivity contribution in [2.75, 3.05) is 7.11 Å². The van der Waals surface area contributed by atoms with Gasteiger partial charge >= 0.3 is 5.97 Å². The molecule has 0 atom stereocenters. The predicted octanol–water partition coefficient (Wildman–Crippen LogP) is 1.32. The number of rotatable bonds is 1. The van der Waals surface area contributed by atoms with E-state index < -0.39 is 0 Å². The molecular weight excluding hydrogens is 142 g/mol. The quantitative estimate of drug-likeness (QED) is 0.457. The van der Waals surface area contributed by atoms with E-state index in [-0.39, 0.29) is 24.5 Å². The van der Waals surface area contributed by atoms with Crippen molar-refractivity contribution in [2.24, 2.45) is 0 Å². The van der Waals surface area contributed by atoms with Gasteiger partial charge < -0.3 is 10.9 Å². The Kier molecular flexibility index (Phi) is 13.1. The molecule has 9 heavy (non-hydrogen) atoms. The van der Waals surface area contributed by atoms with Crippen LogP contribution in [-0.4, -0.2) is 13.1 Å². The van der Waals surface area contributed by atoms with Crippen molar-refractivity contribution in [1.29, 1.82) is 0 Å². The number of halogens is 1. The molecule has 56 valence electrons. The van der Waals surface area contributed by atoms with E-state index >= 15 is 0 Å². The van der Waals surface area contributed by atoms with Gasteiger partial charge in [0.1, 0.15) is 0 Å². The topological polar surface area (TPSA) is 61.3 Å². The van der Waals surface area contributed by atoms with Crippen molar-refractivity contribution in [1.82, 2.24) is 6.15 Å². The van der Waals surface area contributed by atoms with E-state index in [9.17, 15) is 4.79 Å². The Morgan fingerprint density at radius 1 is 1.56 bits per heavy atom. The van der Waals surface area contributed by atoms with E-state index in [0.29, 0.717) is 5.57 Å². The number of carbonyl (C=O) groups is 1. The van der Waals surface area contributed by atoms with E-state index in [1.807, 2.05) is 0 Å². The fraction of sp³-hybridized carbons (Fsp3) is 0.400. The van der Waals surface area contributed by atoms with E-state index in [1.165, 1.54) is 7.11 Å². The van der Waals surface area contributed by atoms with Crippen LogP contribution >= 0.6 is 12.4 Å². The van der Waals surface area contributed by atoms with Crippen LogP contribution in [0.2, 0.25) is 0 Å². The van der Waals surface area contributed by atoms with Gasteiger partial charge in [-0.3, -0.25) is 0 Å². The molecule has 0 unspecified atom stereocenters. The highest BCUT2D eigenvalue weighted by Crippen LogP contribution is 1.87. The first kappa shape index (κ1) is 15.8. The summed E-state index contributed by atoms with van der Waals surface area (Å²) < 4.78 is 4.27. The number of ether oxygens (including phenoxy) is 1. The Bertz CT molecular complexity index is 103. The molecule has 0 aromatic rings. The summed E-state index contributed by atoms with van der Waals surface area (Å²) in [4.78, 5) is 10.2. The number of hydrogen-bond acceptors (Lipinski definition) is 3. The van der Waals surface area contributed by atoms with Crippen LogP contribution in [0.4, 0.5) is 0 Å². The van der Waals surface area contributed by atoms with E-state index in [2.05, 4.69) is 11.3 Å². The number of methoxy groups -OCH3 is 1. The second-order valence-corrected chi connectivity index (χ2v) is 1.27. The minimum absolute atomic E-state index is 0. The monoisotopic (exact) mass is 153 g/mol. The summed E-state index contributed by atoms with van der Waals surface area (Å²) in [5.74, 6) is -0.347. The number of carbonyl (C=O) groups excluding carboxylic acids is 1. The Morgan fingerprint density at radius 3 is 1.89 bits per heavy atom. The molecule has 0 aliphatic heterocycles. The van der Waals surface area contributed by atoms with Gasteiger partial charge in [0.05, 0.1) is 7.11 Å². The molecule has 0 fully saturated rings. The van der Waals surface area contributed by atoms with Crippen molar-refractivity contribution < 1.29 is 9.53 Å². The third-order valence-corrected chi connectivity index (χ3v) is 0.534. The van der Waals surface area contributed by atoms with Crippen LogP contribution in [-0.2, 0) is 9.53 Å². The maximum Gasteiger partial charge on any atom is 0.332 e. The van der Waals surface area contributed by atoms with Crippen LogP contribution < -0.4 is 6.15 Å². The molecule has 4 heteroatoms. The molecule has 0 heterocycles. The minimum Gasteiger partial charge on any atom is -0.466 e. The third-order valence-electron chi connectivity index (χ3n) is 0.534. The van der Waals surface area contributed by atoms with E-state index in [4.69, 9.17) is 0 Å². The second-order valence-electron chi connectivity index (χ2n) is 1.27. The van der Waals surface area contributed by atoms with Gasteiger partial charge in [0, 0.05) is 5.57 Å². The zero-order chi connectivity index (χ0) is 5.86. The van der Waals surface area contributed by atoms with Crippen molar-refractivity contribution >= 4 is 18.4 Å². The van der Waals surface area contributed by atoms with Gasteiger partial charge in [-0.25, -0.2) is 4.79 Å². The lowest BCUT2D eigenvalue weighted by Crippen LogP contribution is -1.98. The molecule has 3 N–H and O–H groups in total. The van der Waals surface area contributed by atoms with Crippen LogP contribution in [0.25, 0.3) is 0 Å². The summed E-state index contributed by atoms with van der Waals surface area (Å²) in [7, 11) is 1.33. The summed E-state index contributed by atoms with van der Waals surface area (Å²) in [5, 5.41) is 0. The van der Waals surface area contributed by atoms with Crippen molar-refractivity contribution in [3.8, 4) is 0 Å². The largest absolute Gasteiger partial charge is 0.466 e. The Morgan fingerprint density at radius 2 is 1.89 bits per heavy atom. The average Bonchev–Trinajstić information content (AvgIpc) is 1.65. The maximum atomic E-state index is 10.2. The summed E-state index contributed by atoms with van der Waals surface area (Å²) >= 11 is 0. The van der Waals surface area contributed by atoms with Crippen LogP contribution in [0.1, 0.15) is 6.92 Å². The number of hydrogen-bond donors (Lipinski definition) is 1. The fourth-order valence-electron chi connectivity index (χ4n) is 0.174. The van der Waals surface area contributed by atoms with Gasteiger partial charge in [-0.15, -0.1) is 12.4 Å². The summed E-state index contributed by atoms with van der Waals surface area (Å²) in [6.45, 7) is 4.95. The average molecular weight is 154 g/mol. The Balaban J connectivity index is -0.000000180. The van der Waals surface area contributed by atoms with Gasteiger partial charge in [0.2, 0.25) is 0 Å². The SMILES string of the molecule is C=C(C)C(=O)OC.Cl.N. The summed E-state index contributed by atoms with van der Waals surface area (Å²) in [5.41, 5.74) is 0.433. The third kappa shape index (κ3) is 7.46. The van der Waals surface area contributed by atoms with Gasteiger partial charge in [-0.2, -0.15) is 0 Å². The molecule has 0 radical (unpaired) electrons. The lowest BCUT2D eigenvalue weighted by Gasteiger charge is -1.91. The molecule has 0 bridgehead atoms. The van der Waals surface area contributed by atoms with Crippen LogP contribution in [0, 0.1) is 0 Å². The minimum atomic E-state index is -0.347. The zero-order valence-corrected chi connectivity index (χ0v) is 6.46. The molecule has 0 aromatic carbocycles. The maximum absolute atomic E-state index is 10.2. The van der Waals surface area contributed by atoms with Crippen molar-refractivity contribution in [3.05, 3.63) is 12.2 Å². The first-order chi connectivity index (χ1) is 3.18. The van der Waals surface area contributed by atoms with E-state index in [1.54, 1.807) is 6.92 Å². The van der Waals surface area contributed by atoms with Crippen LogP contribution in [0.5, 0.6) is 0 Å². The molecular formula is C5H12ClNO2. The molecule has 0 spiro atoms. The smallest absolute Gasteiger partial charge is 0.332 e. The highest BCUT2D eigenvalue weighted by atomic mass is 35.5. The van der Waals surface area contributed by atoms with Crippen molar-refractivity contribution in [2.45, 2.75) is 6.92 Å². The van der Waals surface area contributed by atoms with Crippen LogP contribution in [0.3, 0.4) is 0 Å². The van der Waals surface area contributed by atoms with Crippen LogP contribution in [0.15, 0.2) is 12.2 Å². The second kappa shape index (κ2) is 7.46. The van der Waals surface area contributed by atoms with Crippen molar-refractivity contribution in [3.63, 3.8) is 0 Å². The summed E-state index contributed by atoms with van der Waals surface area (Å²) in [6, 6.07) is 0. The lowest BCUT2D eigenvalue weighted by atomic mass is 10.4. The normalized spacial score (nSPS) is 6.00. The van der Waals surface area contributed by atoms with Gasteiger partial charge in [0.15, 0.2) is 0 Å². The highest BCUT2D eigenvalue weighted by molar-refractivity contribution is 5.86. The molecule has 3 nitrogen and oxygen atoms in total.